The molecule has 0 atom stereocenters. The number of halogens is 2. The molecule has 156 valence electrons. The van der Waals surface area contributed by atoms with E-state index in [-0.39, 0.29) is 17.4 Å². The Morgan fingerprint density at radius 2 is 1.90 bits per heavy atom. The Kier molecular flexibility index (Phi) is 6.19. The Labute approximate surface area is 182 Å². The quantitative estimate of drug-likeness (QED) is 0.726. The maximum atomic E-state index is 12.7. The minimum atomic E-state index is -0.121. The molecule has 1 aliphatic carbocycles. The van der Waals surface area contributed by atoms with Crippen LogP contribution in [0.2, 0.25) is 10.0 Å². The van der Waals surface area contributed by atoms with Gasteiger partial charge in [-0.3, -0.25) is 9.48 Å². The maximum Gasteiger partial charge on any atom is 0.271 e. The molecular weight excluding hydrogens is 407 g/mol. The molecule has 29 heavy (non-hydrogen) atoms. The number of aromatic nitrogens is 2. The van der Waals surface area contributed by atoms with Crippen LogP contribution in [0.3, 0.4) is 0 Å². The van der Waals surface area contributed by atoms with Crippen LogP contribution in [-0.4, -0.2) is 46.3 Å². The highest BCUT2D eigenvalue weighted by Crippen LogP contribution is 2.44. The topological polar surface area (TPSA) is 50.2 Å². The number of benzene rings is 1. The van der Waals surface area contributed by atoms with Crippen LogP contribution in [0.25, 0.3) is 0 Å². The number of nitrogens with zero attached hydrogens (tertiary/aromatic N) is 3. The van der Waals surface area contributed by atoms with Gasteiger partial charge in [0.25, 0.3) is 5.91 Å². The van der Waals surface area contributed by atoms with Crippen molar-refractivity contribution in [1.82, 2.24) is 20.0 Å². The predicted molar refractivity (Wildman–Crippen MR) is 117 cm³/mol. The zero-order valence-corrected chi connectivity index (χ0v) is 18.3. The zero-order chi connectivity index (χ0) is 20.4. The number of hydrogen-bond acceptors (Lipinski definition) is 3. The standard InChI is InChI=1S/C22H28Cl2N4O/c1-2-28-20(19(24)14-25-28)21(29)26-18-8-12-27(13-9-18)15-22(10-3-11-22)16-4-6-17(23)7-5-16/h4-7,14,18H,2-3,8-13,15H2,1H3,(H,26,29). The first-order chi connectivity index (χ1) is 14.0. The van der Waals surface area contributed by atoms with E-state index in [4.69, 9.17) is 23.2 Å². The van der Waals surface area contributed by atoms with Gasteiger partial charge in [0.1, 0.15) is 5.69 Å². The summed E-state index contributed by atoms with van der Waals surface area (Å²) in [5.41, 5.74) is 2.14. The van der Waals surface area contributed by atoms with Crippen molar-refractivity contribution >= 4 is 29.1 Å². The van der Waals surface area contributed by atoms with Crippen molar-refractivity contribution in [1.29, 1.82) is 0 Å². The van der Waals surface area contributed by atoms with E-state index in [1.807, 2.05) is 19.1 Å². The summed E-state index contributed by atoms with van der Waals surface area (Å²) in [5, 5.41) is 8.53. The van der Waals surface area contributed by atoms with Gasteiger partial charge in [-0.15, -0.1) is 0 Å². The smallest absolute Gasteiger partial charge is 0.271 e. The molecule has 0 spiro atoms. The third-order valence-electron chi connectivity index (χ3n) is 6.53. The molecule has 1 N–H and O–H groups in total. The van der Waals surface area contributed by atoms with Gasteiger partial charge in [0.15, 0.2) is 0 Å². The molecule has 5 nitrogen and oxygen atoms in total. The first kappa shape index (κ1) is 20.7. The summed E-state index contributed by atoms with van der Waals surface area (Å²) in [6.45, 7) is 5.67. The minimum Gasteiger partial charge on any atom is -0.348 e. The van der Waals surface area contributed by atoms with E-state index in [0.29, 0.717) is 17.3 Å². The molecular formula is C22H28Cl2N4O. The highest BCUT2D eigenvalue weighted by molar-refractivity contribution is 6.33. The molecule has 1 aromatic heterocycles. The number of amides is 1. The summed E-state index contributed by atoms with van der Waals surface area (Å²) in [5.74, 6) is -0.121. The number of carbonyl (C=O) groups excluding carboxylic acids is 1. The van der Waals surface area contributed by atoms with Gasteiger partial charge in [-0.05, 0) is 50.3 Å². The molecule has 0 bridgehead atoms. The minimum absolute atomic E-state index is 0.121. The van der Waals surface area contributed by atoms with E-state index in [1.54, 1.807) is 4.68 Å². The molecule has 2 aromatic rings. The Morgan fingerprint density at radius 3 is 2.48 bits per heavy atom. The maximum absolute atomic E-state index is 12.7. The van der Waals surface area contributed by atoms with Crippen LogP contribution in [0.5, 0.6) is 0 Å². The van der Waals surface area contributed by atoms with Crippen molar-refractivity contribution < 1.29 is 4.79 Å². The Balaban J connectivity index is 1.33. The average Bonchev–Trinajstić information content (AvgIpc) is 3.07. The number of likely N-dealkylation sites (tertiary alicyclic amines) is 1. The predicted octanol–water partition coefficient (Wildman–Crippen LogP) is 4.53. The van der Waals surface area contributed by atoms with Gasteiger partial charge in [-0.1, -0.05) is 41.8 Å². The summed E-state index contributed by atoms with van der Waals surface area (Å²) in [4.78, 5) is 15.2. The van der Waals surface area contributed by atoms with Crippen LogP contribution in [0, 0.1) is 0 Å². The number of piperidine rings is 1. The normalized spacial score (nSPS) is 19.7. The second-order valence-electron chi connectivity index (χ2n) is 8.32. The van der Waals surface area contributed by atoms with Gasteiger partial charge >= 0.3 is 0 Å². The number of rotatable bonds is 6. The second-order valence-corrected chi connectivity index (χ2v) is 9.17. The van der Waals surface area contributed by atoms with Crippen LogP contribution in [0.4, 0.5) is 0 Å². The van der Waals surface area contributed by atoms with Crippen molar-refractivity contribution in [3.8, 4) is 0 Å². The van der Waals surface area contributed by atoms with Crippen molar-refractivity contribution in [2.24, 2.45) is 0 Å². The van der Waals surface area contributed by atoms with Crippen LogP contribution in [0.1, 0.15) is 55.1 Å². The number of nitrogens with one attached hydrogen (secondary N) is 1. The highest BCUT2D eigenvalue weighted by atomic mass is 35.5. The largest absolute Gasteiger partial charge is 0.348 e. The molecule has 2 fully saturated rings. The summed E-state index contributed by atoms with van der Waals surface area (Å²) < 4.78 is 1.65. The molecule has 2 heterocycles. The average molecular weight is 435 g/mol. The molecule has 4 rings (SSSR count). The third-order valence-corrected chi connectivity index (χ3v) is 7.05. The molecule has 1 aromatic carbocycles. The first-order valence-corrected chi connectivity index (χ1v) is 11.3. The number of aryl methyl sites for hydroxylation is 1. The fraction of sp³-hybridized carbons (Fsp3) is 0.545. The van der Waals surface area contributed by atoms with Crippen molar-refractivity contribution in [3.63, 3.8) is 0 Å². The van der Waals surface area contributed by atoms with Crippen LogP contribution >= 0.6 is 23.2 Å². The van der Waals surface area contributed by atoms with E-state index >= 15 is 0 Å². The lowest BCUT2D eigenvalue weighted by atomic mass is 9.64. The fourth-order valence-corrected chi connectivity index (χ4v) is 5.04. The van der Waals surface area contributed by atoms with E-state index < -0.39 is 0 Å². The lowest BCUT2D eigenvalue weighted by Crippen LogP contribution is -2.51. The fourth-order valence-electron chi connectivity index (χ4n) is 4.69. The monoisotopic (exact) mass is 434 g/mol. The second kappa shape index (κ2) is 8.66. The van der Waals surface area contributed by atoms with E-state index in [0.717, 1.165) is 37.5 Å². The molecule has 2 aliphatic rings. The van der Waals surface area contributed by atoms with Gasteiger partial charge in [-0.2, -0.15) is 5.10 Å². The van der Waals surface area contributed by atoms with E-state index in [1.165, 1.54) is 31.0 Å². The number of carbonyl (C=O) groups is 1. The van der Waals surface area contributed by atoms with Gasteiger partial charge < -0.3 is 10.2 Å². The van der Waals surface area contributed by atoms with Crippen molar-refractivity contribution in [3.05, 3.63) is 51.8 Å². The first-order valence-electron chi connectivity index (χ1n) is 10.5. The SMILES string of the molecule is CCn1ncc(Cl)c1C(=O)NC1CCN(CC2(c3ccc(Cl)cc3)CCC2)CC1. The van der Waals surface area contributed by atoms with Crippen molar-refractivity contribution in [2.75, 3.05) is 19.6 Å². The lowest BCUT2D eigenvalue weighted by Gasteiger charge is -2.47. The third kappa shape index (κ3) is 4.32. The molecule has 1 saturated heterocycles. The van der Waals surface area contributed by atoms with Gasteiger partial charge in [0, 0.05) is 42.7 Å². The molecule has 0 unspecified atom stereocenters. The van der Waals surface area contributed by atoms with Crippen molar-refractivity contribution in [2.45, 2.75) is 57.0 Å². The van der Waals surface area contributed by atoms with Gasteiger partial charge in [0.2, 0.25) is 0 Å². The number of hydrogen-bond donors (Lipinski definition) is 1. The lowest BCUT2D eigenvalue weighted by molar-refractivity contribution is 0.0861. The summed E-state index contributed by atoms with van der Waals surface area (Å²) in [6.07, 6.45) is 7.23. The van der Waals surface area contributed by atoms with E-state index in [2.05, 4.69) is 27.4 Å². The summed E-state index contributed by atoms with van der Waals surface area (Å²) >= 11 is 12.2. The molecule has 0 radical (unpaired) electrons. The van der Waals surface area contributed by atoms with E-state index in [9.17, 15) is 4.79 Å². The Hall–Kier alpha value is -1.56. The Morgan fingerprint density at radius 1 is 1.21 bits per heavy atom. The van der Waals surface area contributed by atoms with Crippen LogP contribution < -0.4 is 5.32 Å². The summed E-state index contributed by atoms with van der Waals surface area (Å²) in [7, 11) is 0. The van der Waals surface area contributed by atoms with Crippen LogP contribution in [-0.2, 0) is 12.0 Å². The molecule has 1 saturated carbocycles. The Bertz CT molecular complexity index is 852. The zero-order valence-electron chi connectivity index (χ0n) is 16.8. The summed E-state index contributed by atoms with van der Waals surface area (Å²) in [6, 6.07) is 8.57. The molecule has 1 amide bonds. The van der Waals surface area contributed by atoms with Gasteiger partial charge in [0.05, 0.1) is 11.2 Å². The highest BCUT2D eigenvalue weighted by Gasteiger charge is 2.40. The van der Waals surface area contributed by atoms with Gasteiger partial charge in [-0.25, -0.2) is 0 Å². The van der Waals surface area contributed by atoms with Crippen LogP contribution in [0.15, 0.2) is 30.5 Å². The molecule has 1 aliphatic heterocycles. The molecule has 7 heteroatoms.